The molecule has 0 atom stereocenters. The highest BCUT2D eigenvalue weighted by Crippen LogP contribution is 2.24. The number of aromatic nitrogens is 2. The fourth-order valence-corrected chi connectivity index (χ4v) is 1.93. The molecule has 3 heteroatoms. The summed E-state index contributed by atoms with van der Waals surface area (Å²) in [6.45, 7) is 6.50. The second-order valence-corrected chi connectivity index (χ2v) is 5.39. The molecular formula is C12H14N2S. The third-order valence-electron chi connectivity index (χ3n) is 2.17. The predicted molar refractivity (Wildman–Crippen MR) is 64.0 cm³/mol. The molecule has 0 aliphatic rings. The van der Waals surface area contributed by atoms with Gasteiger partial charge < -0.3 is 0 Å². The van der Waals surface area contributed by atoms with E-state index >= 15 is 0 Å². The van der Waals surface area contributed by atoms with Crippen LogP contribution in [0.15, 0.2) is 29.8 Å². The van der Waals surface area contributed by atoms with Crippen LogP contribution in [-0.2, 0) is 5.41 Å². The van der Waals surface area contributed by atoms with Gasteiger partial charge in [0.1, 0.15) is 5.01 Å². The highest BCUT2D eigenvalue weighted by molar-refractivity contribution is 7.13. The molecule has 78 valence electrons. The first-order valence-corrected chi connectivity index (χ1v) is 5.83. The highest BCUT2D eigenvalue weighted by Gasteiger charge is 2.16. The average molecular weight is 218 g/mol. The molecule has 0 amide bonds. The predicted octanol–water partition coefficient (Wildman–Crippen LogP) is 3.50. The summed E-state index contributed by atoms with van der Waals surface area (Å²) in [5, 5.41) is 2.96. The lowest BCUT2D eigenvalue weighted by Gasteiger charge is -2.17. The van der Waals surface area contributed by atoms with Gasteiger partial charge in [0, 0.05) is 22.7 Å². The molecule has 2 aromatic heterocycles. The Balaban J connectivity index is 2.44. The molecule has 0 unspecified atom stereocenters. The van der Waals surface area contributed by atoms with Gasteiger partial charge in [-0.1, -0.05) is 26.8 Å². The summed E-state index contributed by atoms with van der Waals surface area (Å²) in [5.41, 5.74) is 2.17. The van der Waals surface area contributed by atoms with Gasteiger partial charge in [-0.05, 0) is 12.1 Å². The van der Waals surface area contributed by atoms with Gasteiger partial charge in [0.15, 0.2) is 0 Å². The molecule has 0 N–H and O–H groups in total. The molecule has 0 fully saturated rings. The van der Waals surface area contributed by atoms with Crippen molar-refractivity contribution < 1.29 is 0 Å². The summed E-state index contributed by atoms with van der Waals surface area (Å²) < 4.78 is 0. The Hall–Kier alpha value is -1.22. The summed E-state index contributed by atoms with van der Waals surface area (Å²) in [7, 11) is 0. The minimum absolute atomic E-state index is 0.0905. The first kappa shape index (κ1) is 10.3. The largest absolute Gasteiger partial charge is 0.250 e. The molecule has 2 rings (SSSR count). The minimum Gasteiger partial charge on any atom is -0.250 e. The normalized spacial score (nSPS) is 11.7. The molecule has 2 aromatic rings. The van der Waals surface area contributed by atoms with E-state index in [2.05, 4.69) is 36.8 Å². The Bertz CT molecular complexity index is 441. The van der Waals surface area contributed by atoms with Crippen LogP contribution in [0, 0.1) is 0 Å². The van der Waals surface area contributed by atoms with Crippen LogP contribution in [0.2, 0.25) is 0 Å². The van der Waals surface area contributed by atoms with Crippen molar-refractivity contribution in [3.8, 4) is 10.7 Å². The van der Waals surface area contributed by atoms with Gasteiger partial charge >= 0.3 is 0 Å². The zero-order valence-electron chi connectivity index (χ0n) is 9.19. The zero-order chi connectivity index (χ0) is 10.9. The van der Waals surface area contributed by atoms with E-state index in [0.29, 0.717) is 0 Å². The Morgan fingerprint density at radius 2 is 2.00 bits per heavy atom. The van der Waals surface area contributed by atoms with E-state index in [0.717, 1.165) is 16.4 Å². The molecule has 0 spiro atoms. The summed E-state index contributed by atoms with van der Waals surface area (Å²) in [6.07, 6.45) is 1.81. The standard InChI is InChI=1S/C12H14N2S/c1-12(2,3)10-6-4-5-9(14-10)11-13-7-8-15-11/h4-8H,1-3H3. The van der Waals surface area contributed by atoms with Crippen LogP contribution < -0.4 is 0 Å². The van der Waals surface area contributed by atoms with Gasteiger partial charge in [0.2, 0.25) is 0 Å². The van der Waals surface area contributed by atoms with Crippen molar-refractivity contribution in [1.82, 2.24) is 9.97 Å². The lowest BCUT2D eigenvalue weighted by atomic mass is 9.91. The monoisotopic (exact) mass is 218 g/mol. The average Bonchev–Trinajstić information content (AvgIpc) is 2.69. The van der Waals surface area contributed by atoms with E-state index in [1.807, 2.05) is 23.7 Å². The van der Waals surface area contributed by atoms with Crippen LogP contribution in [0.3, 0.4) is 0 Å². The van der Waals surface area contributed by atoms with Crippen molar-refractivity contribution in [2.24, 2.45) is 0 Å². The van der Waals surface area contributed by atoms with Crippen molar-refractivity contribution in [2.75, 3.05) is 0 Å². The van der Waals surface area contributed by atoms with Gasteiger partial charge in [0.05, 0.1) is 5.69 Å². The molecular weight excluding hydrogens is 204 g/mol. The SMILES string of the molecule is CC(C)(C)c1cccc(-c2nccs2)n1. The quantitative estimate of drug-likeness (QED) is 0.732. The van der Waals surface area contributed by atoms with E-state index < -0.39 is 0 Å². The van der Waals surface area contributed by atoms with Crippen LogP contribution in [-0.4, -0.2) is 9.97 Å². The van der Waals surface area contributed by atoms with Crippen LogP contribution in [0.4, 0.5) is 0 Å². The number of thiazole rings is 1. The molecule has 0 bridgehead atoms. The van der Waals surface area contributed by atoms with Crippen LogP contribution >= 0.6 is 11.3 Å². The molecule has 0 saturated heterocycles. The summed E-state index contributed by atoms with van der Waals surface area (Å²) in [5.74, 6) is 0. The first-order valence-electron chi connectivity index (χ1n) is 4.95. The van der Waals surface area contributed by atoms with E-state index in [9.17, 15) is 0 Å². The third-order valence-corrected chi connectivity index (χ3v) is 2.96. The Labute approximate surface area is 94.0 Å². The van der Waals surface area contributed by atoms with Gasteiger partial charge in [-0.3, -0.25) is 0 Å². The lowest BCUT2D eigenvalue weighted by Crippen LogP contribution is -2.13. The number of hydrogen-bond acceptors (Lipinski definition) is 3. The summed E-state index contributed by atoms with van der Waals surface area (Å²) in [4.78, 5) is 8.90. The Kier molecular flexibility index (Phi) is 2.57. The molecule has 0 saturated carbocycles. The fourth-order valence-electron chi connectivity index (χ4n) is 1.32. The van der Waals surface area contributed by atoms with E-state index in [-0.39, 0.29) is 5.41 Å². The van der Waals surface area contributed by atoms with Crippen molar-refractivity contribution in [2.45, 2.75) is 26.2 Å². The minimum atomic E-state index is 0.0905. The van der Waals surface area contributed by atoms with E-state index in [4.69, 9.17) is 0 Å². The third kappa shape index (κ3) is 2.23. The summed E-state index contributed by atoms with van der Waals surface area (Å²) in [6, 6.07) is 6.12. The Morgan fingerprint density at radius 1 is 1.20 bits per heavy atom. The maximum Gasteiger partial charge on any atom is 0.141 e. The second-order valence-electron chi connectivity index (χ2n) is 4.50. The molecule has 2 nitrogen and oxygen atoms in total. The maximum absolute atomic E-state index is 4.63. The van der Waals surface area contributed by atoms with E-state index in [1.54, 1.807) is 11.3 Å². The van der Waals surface area contributed by atoms with Gasteiger partial charge in [-0.15, -0.1) is 11.3 Å². The zero-order valence-corrected chi connectivity index (χ0v) is 10.0. The summed E-state index contributed by atoms with van der Waals surface area (Å²) >= 11 is 1.62. The van der Waals surface area contributed by atoms with Crippen molar-refractivity contribution >= 4 is 11.3 Å². The second kappa shape index (κ2) is 3.74. The molecule has 0 aliphatic carbocycles. The number of nitrogens with zero attached hydrogens (tertiary/aromatic N) is 2. The fraction of sp³-hybridized carbons (Fsp3) is 0.333. The highest BCUT2D eigenvalue weighted by atomic mass is 32.1. The Morgan fingerprint density at radius 3 is 2.60 bits per heavy atom. The maximum atomic E-state index is 4.63. The van der Waals surface area contributed by atoms with Crippen molar-refractivity contribution in [3.63, 3.8) is 0 Å². The van der Waals surface area contributed by atoms with Gasteiger partial charge in [-0.2, -0.15) is 0 Å². The molecule has 0 aromatic carbocycles. The van der Waals surface area contributed by atoms with E-state index in [1.165, 1.54) is 0 Å². The number of pyridine rings is 1. The smallest absolute Gasteiger partial charge is 0.141 e. The van der Waals surface area contributed by atoms with Gasteiger partial charge in [-0.25, -0.2) is 9.97 Å². The lowest BCUT2D eigenvalue weighted by molar-refractivity contribution is 0.569. The topological polar surface area (TPSA) is 25.8 Å². The molecule has 0 aliphatic heterocycles. The number of rotatable bonds is 1. The number of hydrogen-bond donors (Lipinski definition) is 0. The molecule has 2 heterocycles. The van der Waals surface area contributed by atoms with Crippen molar-refractivity contribution in [3.05, 3.63) is 35.5 Å². The van der Waals surface area contributed by atoms with Crippen molar-refractivity contribution in [1.29, 1.82) is 0 Å². The molecule has 0 radical (unpaired) electrons. The molecule has 15 heavy (non-hydrogen) atoms. The first-order chi connectivity index (χ1) is 7.07. The van der Waals surface area contributed by atoms with Gasteiger partial charge in [0.25, 0.3) is 0 Å². The van der Waals surface area contributed by atoms with Crippen LogP contribution in [0.5, 0.6) is 0 Å². The van der Waals surface area contributed by atoms with Crippen LogP contribution in [0.25, 0.3) is 10.7 Å². The van der Waals surface area contributed by atoms with Crippen LogP contribution in [0.1, 0.15) is 26.5 Å².